The summed E-state index contributed by atoms with van der Waals surface area (Å²) in [7, 11) is 1.60. The molecule has 0 unspecified atom stereocenters. The summed E-state index contributed by atoms with van der Waals surface area (Å²) in [5.74, 6) is 0.762. The maximum absolute atomic E-state index is 9.65. The smallest absolute Gasteiger partial charge is 0.118 e. The molecule has 0 spiro atoms. The van der Waals surface area contributed by atoms with Gasteiger partial charge in [0.05, 0.1) is 19.3 Å². The van der Waals surface area contributed by atoms with Crippen LogP contribution in [0.3, 0.4) is 0 Å². The Hall–Kier alpha value is -1.06. The molecule has 3 heteroatoms. The van der Waals surface area contributed by atoms with E-state index in [0.717, 1.165) is 11.3 Å². The van der Waals surface area contributed by atoms with Gasteiger partial charge in [-0.3, -0.25) is 0 Å². The van der Waals surface area contributed by atoms with Gasteiger partial charge in [0, 0.05) is 6.42 Å². The summed E-state index contributed by atoms with van der Waals surface area (Å²) in [6.07, 6.45) is -0.750. The second-order valence-corrected chi connectivity index (χ2v) is 3.37. The molecule has 0 aliphatic heterocycles. The first-order valence-electron chi connectivity index (χ1n) is 4.63. The molecule has 0 radical (unpaired) electrons. The average molecular weight is 196 g/mol. The fourth-order valence-corrected chi connectivity index (χ4v) is 1.29. The van der Waals surface area contributed by atoms with Crippen LogP contribution < -0.4 is 4.74 Å². The molecule has 0 bridgehead atoms. The van der Waals surface area contributed by atoms with E-state index in [2.05, 4.69) is 0 Å². The van der Waals surface area contributed by atoms with Crippen LogP contribution in [0, 0.1) is 0 Å². The van der Waals surface area contributed by atoms with Crippen molar-refractivity contribution >= 4 is 0 Å². The van der Waals surface area contributed by atoms with Gasteiger partial charge in [-0.25, -0.2) is 0 Å². The van der Waals surface area contributed by atoms with Crippen molar-refractivity contribution in [1.82, 2.24) is 0 Å². The number of aliphatic hydroxyl groups is 2. The highest BCUT2D eigenvalue weighted by Gasteiger charge is 2.10. The maximum atomic E-state index is 9.65. The highest BCUT2D eigenvalue weighted by atomic mass is 16.5. The van der Waals surface area contributed by atoms with Crippen molar-refractivity contribution in [2.45, 2.75) is 25.6 Å². The predicted octanol–water partition coefficient (Wildman–Crippen LogP) is 1.50. The molecule has 0 saturated carbocycles. The first kappa shape index (κ1) is 11.0. The molecule has 0 fully saturated rings. The first-order chi connectivity index (χ1) is 6.63. The van der Waals surface area contributed by atoms with E-state index >= 15 is 0 Å². The van der Waals surface area contributed by atoms with E-state index < -0.39 is 12.2 Å². The second-order valence-electron chi connectivity index (χ2n) is 3.37. The number of methoxy groups -OCH3 is 1. The minimum Gasteiger partial charge on any atom is -0.497 e. The van der Waals surface area contributed by atoms with Gasteiger partial charge in [0.15, 0.2) is 0 Å². The maximum Gasteiger partial charge on any atom is 0.118 e. The van der Waals surface area contributed by atoms with E-state index in [1.807, 2.05) is 0 Å². The van der Waals surface area contributed by atoms with Gasteiger partial charge in [-0.05, 0) is 24.6 Å². The number of benzene rings is 1. The van der Waals surface area contributed by atoms with E-state index in [1.54, 1.807) is 38.3 Å². The van der Waals surface area contributed by atoms with Crippen molar-refractivity contribution in [3.8, 4) is 5.75 Å². The van der Waals surface area contributed by atoms with Crippen LogP contribution in [-0.4, -0.2) is 23.4 Å². The number of hydrogen-bond donors (Lipinski definition) is 2. The van der Waals surface area contributed by atoms with Crippen molar-refractivity contribution < 1.29 is 14.9 Å². The standard InChI is InChI=1S/C11H16O3/c1-8(12)7-11(13)9-3-5-10(14-2)6-4-9/h3-6,8,11-13H,7H2,1-2H3/t8-,11-/m0/s1. The lowest BCUT2D eigenvalue weighted by Gasteiger charge is -2.12. The fraction of sp³-hybridized carbons (Fsp3) is 0.455. The Bertz CT molecular complexity index is 266. The van der Waals surface area contributed by atoms with Gasteiger partial charge in [0.1, 0.15) is 5.75 Å². The Morgan fingerprint density at radius 3 is 2.21 bits per heavy atom. The van der Waals surface area contributed by atoms with Crippen LogP contribution in [-0.2, 0) is 0 Å². The largest absolute Gasteiger partial charge is 0.497 e. The second kappa shape index (κ2) is 4.98. The number of aliphatic hydroxyl groups excluding tert-OH is 2. The third kappa shape index (κ3) is 3.01. The zero-order chi connectivity index (χ0) is 10.6. The van der Waals surface area contributed by atoms with E-state index in [4.69, 9.17) is 9.84 Å². The lowest BCUT2D eigenvalue weighted by Crippen LogP contribution is -2.07. The summed E-state index contributed by atoms with van der Waals surface area (Å²) < 4.78 is 5.00. The SMILES string of the molecule is COc1ccc([C@@H](O)C[C@H](C)O)cc1. The highest BCUT2D eigenvalue weighted by molar-refractivity contribution is 5.28. The van der Waals surface area contributed by atoms with E-state index in [9.17, 15) is 5.11 Å². The van der Waals surface area contributed by atoms with Crippen LogP contribution >= 0.6 is 0 Å². The normalized spacial score (nSPS) is 14.9. The van der Waals surface area contributed by atoms with Crippen molar-refractivity contribution in [2.24, 2.45) is 0 Å². The lowest BCUT2D eigenvalue weighted by molar-refractivity contribution is 0.0907. The van der Waals surface area contributed by atoms with Gasteiger partial charge in [-0.2, -0.15) is 0 Å². The fourth-order valence-electron chi connectivity index (χ4n) is 1.29. The molecular weight excluding hydrogens is 180 g/mol. The molecule has 2 N–H and O–H groups in total. The molecule has 14 heavy (non-hydrogen) atoms. The van der Waals surface area contributed by atoms with Gasteiger partial charge < -0.3 is 14.9 Å². The zero-order valence-corrected chi connectivity index (χ0v) is 8.47. The lowest BCUT2D eigenvalue weighted by atomic mass is 10.0. The first-order valence-corrected chi connectivity index (χ1v) is 4.63. The van der Waals surface area contributed by atoms with E-state index in [1.165, 1.54) is 0 Å². The summed E-state index contributed by atoms with van der Waals surface area (Å²) >= 11 is 0. The van der Waals surface area contributed by atoms with Gasteiger partial charge in [-0.1, -0.05) is 12.1 Å². The molecule has 0 aliphatic carbocycles. The quantitative estimate of drug-likeness (QED) is 0.767. The van der Waals surface area contributed by atoms with Gasteiger partial charge >= 0.3 is 0 Å². The third-order valence-corrected chi connectivity index (χ3v) is 2.06. The minimum atomic E-state index is -0.610. The van der Waals surface area contributed by atoms with Crippen LogP contribution in [0.1, 0.15) is 25.0 Å². The minimum absolute atomic E-state index is 0.354. The molecule has 1 aromatic rings. The van der Waals surface area contributed by atoms with Crippen LogP contribution in [0.2, 0.25) is 0 Å². The highest BCUT2D eigenvalue weighted by Crippen LogP contribution is 2.20. The summed E-state index contributed by atoms with van der Waals surface area (Å²) in [6, 6.07) is 7.18. The average Bonchev–Trinajstić information content (AvgIpc) is 2.17. The molecule has 0 aromatic heterocycles. The molecule has 0 aliphatic rings. The van der Waals surface area contributed by atoms with Gasteiger partial charge in [0.25, 0.3) is 0 Å². The zero-order valence-electron chi connectivity index (χ0n) is 8.47. The molecule has 1 rings (SSSR count). The van der Waals surface area contributed by atoms with Crippen molar-refractivity contribution in [2.75, 3.05) is 7.11 Å². The monoisotopic (exact) mass is 196 g/mol. The Morgan fingerprint density at radius 2 is 1.79 bits per heavy atom. The van der Waals surface area contributed by atoms with Gasteiger partial charge in [0.2, 0.25) is 0 Å². The Labute approximate surface area is 84.0 Å². The Morgan fingerprint density at radius 1 is 1.21 bits per heavy atom. The van der Waals surface area contributed by atoms with Crippen molar-refractivity contribution in [3.63, 3.8) is 0 Å². The van der Waals surface area contributed by atoms with E-state index in [0.29, 0.717) is 6.42 Å². The van der Waals surface area contributed by atoms with Crippen LogP contribution in [0.15, 0.2) is 24.3 Å². The predicted molar refractivity (Wildman–Crippen MR) is 54.3 cm³/mol. The summed E-state index contributed by atoms with van der Waals surface area (Å²) in [6.45, 7) is 1.66. The number of hydrogen-bond acceptors (Lipinski definition) is 3. The number of rotatable bonds is 4. The molecule has 0 amide bonds. The van der Waals surface area contributed by atoms with Crippen LogP contribution in [0.5, 0.6) is 5.75 Å². The number of ether oxygens (including phenoxy) is 1. The molecule has 0 heterocycles. The Balaban J connectivity index is 2.66. The molecule has 3 nitrogen and oxygen atoms in total. The third-order valence-electron chi connectivity index (χ3n) is 2.06. The summed E-state index contributed by atoms with van der Waals surface area (Å²) in [5, 5.41) is 18.8. The van der Waals surface area contributed by atoms with Crippen LogP contribution in [0.4, 0.5) is 0 Å². The van der Waals surface area contributed by atoms with Crippen molar-refractivity contribution in [1.29, 1.82) is 0 Å². The summed E-state index contributed by atoms with van der Waals surface area (Å²) in [4.78, 5) is 0. The summed E-state index contributed by atoms with van der Waals surface area (Å²) in [5.41, 5.74) is 0.798. The Kier molecular flexibility index (Phi) is 3.92. The molecule has 78 valence electrons. The molecule has 0 saturated heterocycles. The van der Waals surface area contributed by atoms with E-state index in [-0.39, 0.29) is 0 Å². The van der Waals surface area contributed by atoms with Crippen molar-refractivity contribution in [3.05, 3.63) is 29.8 Å². The topological polar surface area (TPSA) is 49.7 Å². The molecule has 2 atom stereocenters. The molecule has 1 aromatic carbocycles. The van der Waals surface area contributed by atoms with Gasteiger partial charge in [-0.15, -0.1) is 0 Å². The molecular formula is C11H16O3. The van der Waals surface area contributed by atoms with Crippen LogP contribution in [0.25, 0.3) is 0 Å².